The van der Waals surface area contributed by atoms with E-state index in [0.29, 0.717) is 12.2 Å². The predicted molar refractivity (Wildman–Crippen MR) is 128 cm³/mol. The van der Waals surface area contributed by atoms with Crippen molar-refractivity contribution < 1.29 is 37.8 Å². The zero-order valence-corrected chi connectivity index (χ0v) is 19.6. The van der Waals surface area contributed by atoms with Crippen LogP contribution < -0.4 is 11.1 Å². The molecule has 5 N–H and O–H groups in total. The van der Waals surface area contributed by atoms with E-state index in [-0.39, 0.29) is 18.6 Å². The van der Waals surface area contributed by atoms with Crippen molar-refractivity contribution in [2.75, 3.05) is 12.3 Å². The molecule has 1 saturated heterocycles. The number of hydrogen-bond acceptors (Lipinski definition) is 6. The van der Waals surface area contributed by atoms with Gasteiger partial charge in [-0.25, -0.2) is 14.6 Å². The molecule has 0 bridgehead atoms. The molecule has 0 aliphatic carbocycles. The summed E-state index contributed by atoms with van der Waals surface area (Å²) in [5.41, 5.74) is 7.52. The number of nitrogen functional groups attached to an aromatic ring is 1. The number of urea groups is 1. The molecular weight excluding hydrogens is 493 g/mol. The second-order valence-electron chi connectivity index (χ2n) is 8.40. The topological polar surface area (TPSA) is 146 Å². The molecule has 0 unspecified atom stereocenters. The average molecular weight is 518 g/mol. The fourth-order valence-electron chi connectivity index (χ4n) is 4.12. The Hall–Kier alpha value is -4.19. The normalized spacial score (nSPS) is 17.9. The summed E-state index contributed by atoms with van der Waals surface area (Å²) in [6.45, 7) is 1.60. The zero-order chi connectivity index (χ0) is 27.3. The van der Waals surface area contributed by atoms with E-state index in [1.165, 1.54) is 0 Å². The third kappa shape index (κ3) is 6.33. The number of benzene rings is 2. The van der Waals surface area contributed by atoms with Crippen molar-refractivity contribution >= 4 is 34.5 Å². The summed E-state index contributed by atoms with van der Waals surface area (Å²) in [5, 5.41) is 22.0. The lowest BCUT2D eigenvalue weighted by molar-refractivity contribution is -0.192. The van der Waals surface area contributed by atoms with Crippen LogP contribution >= 0.6 is 0 Å². The summed E-state index contributed by atoms with van der Waals surface area (Å²) in [5.74, 6) is -3.15. The Kier molecular flexibility index (Phi) is 8.33. The molecule has 1 fully saturated rings. The number of amides is 3. The number of rotatable bonds is 5. The van der Waals surface area contributed by atoms with E-state index in [2.05, 4.69) is 10.3 Å². The van der Waals surface area contributed by atoms with E-state index in [1.807, 2.05) is 49.4 Å². The zero-order valence-electron chi connectivity index (χ0n) is 19.6. The Morgan fingerprint density at radius 3 is 2.43 bits per heavy atom. The number of aliphatic carboxylic acids is 1. The minimum Gasteiger partial charge on any atom is -0.475 e. The molecule has 196 valence electrons. The van der Waals surface area contributed by atoms with Gasteiger partial charge in [-0.15, -0.1) is 0 Å². The number of aliphatic hydroxyl groups excluding tert-OH is 1. The maximum atomic E-state index is 12.8. The van der Waals surface area contributed by atoms with Gasteiger partial charge in [0.15, 0.2) is 0 Å². The lowest BCUT2D eigenvalue weighted by Crippen LogP contribution is -2.67. The number of imide groups is 1. The summed E-state index contributed by atoms with van der Waals surface area (Å²) in [6, 6.07) is 16.0. The summed E-state index contributed by atoms with van der Waals surface area (Å²) >= 11 is 0. The molecule has 3 aromatic rings. The van der Waals surface area contributed by atoms with Gasteiger partial charge in [0.25, 0.3) is 0 Å². The van der Waals surface area contributed by atoms with Crippen LogP contribution in [0.2, 0.25) is 0 Å². The van der Waals surface area contributed by atoms with E-state index < -0.39 is 30.1 Å². The molecule has 12 heteroatoms. The highest BCUT2D eigenvalue weighted by molar-refractivity contribution is 6.01. The van der Waals surface area contributed by atoms with Crippen LogP contribution in [0, 0.1) is 5.92 Å². The number of anilines is 1. The molecule has 0 radical (unpaired) electrons. The fraction of sp³-hybridized carbons (Fsp3) is 0.280. The van der Waals surface area contributed by atoms with Crippen LogP contribution in [-0.4, -0.2) is 56.8 Å². The number of β-lactam (4-membered cyclic amide) rings is 1. The number of halogens is 3. The highest BCUT2D eigenvalue weighted by atomic mass is 19.4. The van der Waals surface area contributed by atoms with Crippen molar-refractivity contribution in [1.29, 1.82) is 0 Å². The van der Waals surface area contributed by atoms with E-state index in [4.69, 9.17) is 15.6 Å². The van der Waals surface area contributed by atoms with Gasteiger partial charge in [0.1, 0.15) is 5.82 Å². The molecule has 3 atom stereocenters. The lowest BCUT2D eigenvalue weighted by Gasteiger charge is -2.45. The number of carbonyl (C=O) groups is 3. The molecule has 2 aromatic carbocycles. The van der Waals surface area contributed by atoms with Crippen LogP contribution in [0.25, 0.3) is 10.8 Å². The summed E-state index contributed by atoms with van der Waals surface area (Å²) < 4.78 is 31.7. The van der Waals surface area contributed by atoms with Crippen LogP contribution in [0.15, 0.2) is 60.8 Å². The maximum Gasteiger partial charge on any atom is 0.490 e. The first-order valence-electron chi connectivity index (χ1n) is 11.2. The van der Waals surface area contributed by atoms with E-state index in [1.54, 1.807) is 18.3 Å². The largest absolute Gasteiger partial charge is 0.490 e. The lowest BCUT2D eigenvalue weighted by atomic mass is 9.83. The molecule has 1 aromatic heterocycles. The highest BCUT2D eigenvalue weighted by Crippen LogP contribution is 2.31. The molecule has 0 spiro atoms. The monoisotopic (exact) mass is 518 g/mol. The van der Waals surface area contributed by atoms with E-state index in [0.717, 1.165) is 26.8 Å². The Morgan fingerprint density at radius 2 is 1.81 bits per heavy atom. The number of carbonyl (C=O) groups excluding carboxylic acids is 2. The first-order valence-corrected chi connectivity index (χ1v) is 11.2. The van der Waals surface area contributed by atoms with Crippen LogP contribution in [0.4, 0.5) is 23.8 Å². The van der Waals surface area contributed by atoms with Crippen molar-refractivity contribution in [1.82, 2.24) is 15.2 Å². The van der Waals surface area contributed by atoms with Gasteiger partial charge in [0, 0.05) is 6.20 Å². The number of likely N-dealkylation sites (tertiary alicyclic amines) is 1. The van der Waals surface area contributed by atoms with Gasteiger partial charge in [-0.1, -0.05) is 42.5 Å². The number of carboxylic acids is 1. The number of fused-ring (bicyclic) bond motifs is 1. The molecule has 1 aliphatic heterocycles. The SMILES string of the molecule is C[C@@H](NC(=O)N1C(=O)[C@H](Cc2ccnc(N)c2)[C@H]1CO)c1cccc2ccccc12.O=C(O)C(F)(F)F. The number of pyridine rings is 1. The quantitative estimate of drug-likeness (QED) is 0.379. The third-order valence-corrected chi connectivity index (χ3v) is 5.93. The number of nitrogens with two attached hydrogens (primary N) is 1. The van der Waals surface area contributed by atoms with Crippen LogP contribution in [0.3, 0.4) is 0 Å². The molecular formula is C25H25F3N4O5. The number of aromatic nitrogens is 1. The molecule has 2 heterocycles. The molecule has 9 nitrogen and oxygen atoms in total. The van der Waals surface area contributed by atoms with Crippen molar-refractivity contribution in [2.45, 2.75) is 31.6 Å². The molecule has 3 amide bonds. The molecule has 1 aliphatic rings. The Labute approximate surface area is 209 Å². The number of hydrogen-bond donors (Lipinski definition) is 4. The van der Waals surface area contributed by atoms with Crippen molar-refractivity contribution in [3.05, 3.63) is 71.9 Å². The fourth-order valence-corrected chi connectivity index (χ4v) is 4.12. The molecule has 0 saturated carbocycles. The van der Waals surface area contributed by atoms with Gasteiger partial charge in [-0.05, 0) is 47.4 Å². The number of carboxylic acid groups (broad SMARTS) is 1. The van der Waals surface area contributed by atoms with Crippen LogP contribution in [-0.2, 0) is 16.0 Å². The Morgan fingerprint density at radius 1 is 1.16 bits per heavy atom. The van der Waals surface area contributed by atoms with Crippen molar-refractivity contribution in [2.24, 2.45) is 5.92 Å². The summed E-state index contributed by atoms with van der Waals surface area (Å²) in [6.07, 6.45) is -3.10. The van der Waals surface area contributed by atoms with Crippen molar-refractivity contribution in [3.8, 4) is 0 Å². The number of alkyl halides is 3. The Balaban J connectivity index is 0.000000479. The Bertz CT molecular complexity index is 1300. The minimum atomic E-state index is -5.08. The summed E-state index contributed by atoms with van der Waals surface area (Å²) in [4.78, 5) is 39.5. The third-order valence-electron chi connectivity index (χ3n) is 5.93. The van der Waals surface area contributed by atoms with Gasteiger partial charge in [-0.2, -0.15) is 13.2 Å². The number of aliphatic hydroxyl groups is 1. The number of nitrogens with one attached hydrogen (secondary N) is 1. The molecule has 37 heavy (non-hydrogen) atoms. The highest BCUT2D eigenvalue weighted by Gasteiger charge is 2.50. The van der Waals surface area contributed by atoms with Gasteiger partial charge in [-0.3, -0.25) is 9.69 Å². The van der Waals surface area contributed by atoms with Crippen LogP contribution in [0.1, 0.15) is 24.1 Å². The second-order valence-corrected chi connectivity index (χ2v) is 8.40. The number of nitrogens with zero attached hydrogens (tertiary/aromatic N) is 2. The van der Waals surface area contributed by atoms with E-state index in [9.17, 15) is 27.9 Å². The molecule has 4 rings (SSSR count). The first-order chi connectivity index (χ1) is 17.4. The van der Waals surface area contributed by atoms with Crippen molar-refractivity contribution in [3.63, 3.8) is 0 Å². The van der Waals surface area contributed by atoms with Gasteiger partial charge in [0.05, 0.1) is 24.6 Å². The van der Waals surface area contributed by atoms with Crippen LogP contribution in [0.5, 0.6) is 0 Å². The maximum absolute atomic E-state index is 12.8. The van der Waals surface area contributed by atoms with E-state index >= 15 is 0 Å². The second kappa shape index (κ2) is 11.2. The first kappa shape index (κ1) is 27.4. The smallest absolute Gasteiger partial charge is 0.475 e. The van der Waals surface area contributed by atoms with Gasteiger partial charge >= 0.3 is 18.2 Å². The minimum absolute atomic E-state index is 0.285. The van der Waals surface area contributed by atoms with Gasteiger partial charge < -0.3 is 21.3 Å². The average Bonchev–Trinajstić information content (AvgIpc) is 2.84. The standard InChI is InChI=1S/C23H24N4O3.C2HF3O2/c1-14(17-8-4-6-16-5-2-3-7-18(16)17)26-23(30)27-20(13-28)19(22(27)29)11-15-9-10-25-21(24)12-15;3-2(4,5)1(6)7/h2-10,12,14,19-20,28H,11,13H2,1H3,(H2,24,25)(H,26,30);(H,6,7)/t14-,19-,20-;/m1./s1. The van der Waals surface area contributed by atoms with Gasteiger partial charge in [0.2, 0.25) is 5.91 Å². The summed E-state index contributed by atoms with van der Waals surface area (Å²) in [7, 11) is 0. The predicted octanol–water partition coefficient (Wildman–Crippen LogP) is 3.28.